The Bertz CT molecular complexity index is 518. The Morgan fingerprint density at radius 3 is 2.55 bits per heavy atom. The molecular weight excluding hydrogens is 262 g/mol. The SMILES string of the molecule is Cc1ccc([N+](=O)[O-])c(N2CCC3(CC2)OCCO3)n1. The maximum atomic E-state index is 11.1. The van der Waals surface area contributed by atoms with Crippen LogP contribution in [0.1, 0.15) is 18.5 Å². The zero-order valence-electron chi connectivity index (χ0n) is 11.4. The van der Waals surface area contributed by atoms with Gasteiger partial charge in [-0.2, -0.15) is 0 Å². The summed E-state index contributed by atoms with van der Waals surface area (Å²) in [7, 11) is 0. The highest BCUT2D eigenvalue weighted by molar-refractivity contribution is 5.58. The van der Waals surface area contributed by atoms with Crippen molar-refractivity contribution in [3.05, 3.63) is 27.9 Å². The molecule has 0 amide bonds. The fourth-order valence-corrected chi connectivity index (χ4v) is 2.76. The predicted octanol–water partition coefficient (Wildman–Crippen LogP) is 1.64. The van der Waals surface area contributed by atoms with Crippen LogP contribution in [-0.4, -0.2) is 42.0 Å². The maximum Gasteiger partial charge on any atom is 0.311 e. The van der Waals surface area contributed by atoms with Crippen molar-refractivity contribution in [2.24, 2.45) is 0 Å². The van der Waals surface area contributed by atoms with Gasteiger partial charge in [-0.15, -0.1) is 0 Å². The van der Waals surface area contributed by atoms with Gasteiger partial charge in [0.15, 0.2) is 5.79 Å². The van der Waals surface area contributed by atoms with Gasteiger partial charge in [0.2, 0.25) is 5.82 Å². The number of rotatable bonds is 2. The van der Waals surface area contributed by atoms with E-state index in [1.165, 1.54) is 6.07 Å². The highest BCUT2D eigenvalue weighted by Gasteiger charge is 2.41. The van der Waals surface area contributed by atoms with Crippen LogP contribution in [0.3, 0.4) is 0 Å². The Morgan fingerprint density at radius 2 is 1.95 bits per heavy atom. The van der Waals surface area contributed by atoms with E-state index < -0.39 is 5.79 Å². The van der Waals surface area contributed by atoms with Crippen molar-refractivity contribution in [3.63, 3.8) is 0 Å². The Hall–Kier alpha value is -1.73. The predicted molar refractivity (Wildman–Crippen MR) is 71.7 cm³/mol. The number of ether oxygens (including phenoxy) is 2. The topological polar surface area (TPSA) is 77.7 Å². The molecule has 2 aliphatic heterocycles. The Morgan fingerprint density at radius 1 is 1.30 bits per heavy atom. The van der Waals surface area contributed by atoms with Crippen LogP contribution in [0.15, 0.2) is 12.1 Å². The monoisotopic (exact) mass is 279 g/mol. The summed E-state index contributed by atoms with van der Waals surface area (Å²) < 4.78 is 11.3. The Labute approximate surface area is 116 Å². The minimum atomic E-state index is -0.477. The van der Waals surface area contributed by atoms with Crippen molar-refractivity contribution >= 4 is 11.5 Å². The fourth-order valence-electron chi connectivity index (χ4n) is 2.76. The lowest BCUT2D eigenvalue weighted by molar-refractivity contribution is -0.384. The molecule has 7 heteroatoms. The van der Waals surface area contributed by atoms with Crippen LogP contribution >= 0.6 is 0 Å². The van der Waals surface area contributed by atoms with E-state index in [1.54, 1.807) is 6.07 Å². The third-order valence-electron chi connectivity index (χ3n) is 3.83. The van der Waals surface area contributed by atoms with E-state index in [4.69, 9.17) is 9.47 Å². The van der Waals surface area contributed by atoms with E-state index in [1.807, 2.05) is 11.8 Å². The Balaban J connectivity index is 1.80. The summed E-state index contributed by atoms with van der Waals surface area (Å²) in [6, 6.07) is 3.18. The number of piperidine rings is 1. The zero-order valence-corrected chi connectivity index (χ0v) is 11.4. The van der Waals surface area contributed by atoms with Gasteiger partial charge in [-0.1, -0.05) is 0 Å². The molecule has 3 heterocycles. The summed E-state index contributed by atoms with van der Waals surface area (Å²) in [6.07, 6.45) is 1.42. The molecule has 20 heavy (non-hydrogen) atoms. The first-order valence-corrected chi connectivity index (χ1v) is 6.75. The normalized spacial score (nSPS) is 21.4. The maximum absolute atomic E-state index is 11.1. The molecule has 0 unspecified atom stereocenters. The summed E-state index contributed by atoms with van der Waals surface area (Å²) in [5, 5.41) is 11.1. The van der Waals surface area contributed by atoms with E-state index in [2.05, 4.69) is 4.98 Å². The summed E-state index contributed by atoms with van der Waals surface area (Å²) >= 11 is 0. The number of pyridine rings is 1. The molecule has 3 rings (SSSR count). The molecule has 0 aromatic carbocycles. The van der Waals surface area contributed by atoms with Crippen molar-refractivity contribution in [1.82, 2.24) is 4.98 Å². The third-order valence-corrected chi connectivity index (χ3v) is 3.83. The number of nitro groups is 1. The molecular formula is C13H17N3O4. The molecule has 108 valence electrons. The Kier molecular flexibility index (Phi) is 3.31. The molecule has 1 aromatic rings. The fraction of sp³-hybridized carbons (Fsp3) is 0.615. The average molecular weight is 279 g/mol. The third kappa shape index (κ3) is 2.34. The molecule has 0 aliphatic carbocycles. The number of hydrogen-bond donors (Lipinski definition) is 0. The van der Waals surface area contributed by atoms with Gasteiger partial charge in [0, 0.05) is 37.7 Å². The van der Waals surface area contributed by atoms with Gasteiger partial charge < -0.3 is 14.4 Å². The summed E-state index contributed by atoms with van der Waals surface area (Å²) in [6.45, 7) is 4.39. The van der Waals surface area contributed by atoms with Gasteiger partial charge in [0.05, 0.1) is 18.1 Å². The average Bonchev–Trinajstić information content (AvgIpc) is 2.87. The van der Waals surface area contributed by atoms with Gasteiger partial charge in [-0.3, -0.25) is 10.1 Å². The molecule has 0 radical (unpaired) electrons. The van der Waals surface area contributed by atoms with Crippen molar-refractivity contribution < 1.29 is 14.4 Å². The van der Waals surface area contributed by atoms with Crippen LogP contribution in [0, 0.1) is 17.0 Å². The summed E-state index contributed by atoms with van der Waals surface area (Å²) in [5.41, 5.74) is 0.832. The molecule has 7 nitrogen and oxygen atoms in total. The first-order valence-electron chi connectivity index (χ1n) is 6.75. The first-order chi connectivity index (χ1) is 9.60. The largest absolute Gasteiger partial charge is 0.350 e. The van der Waals surface area contributed by atoms with Crippen LogP contribution in [0.2, 0.25) is 0 Å². The van der Waals surface area contributed by atoms with Gasteiger partial charge in [0.25, 0.3) is 0 Å². The van der Waals surface area contributed by atoms with Gasteiger partial charge in [-0.25, -0.2) is 4.98 Å². The van der Waals surface area contributed by atoms with Crippen molar-refractivity contribution in [2.45, 2.75) is 25.6 Å². The quantitative estimate of drug-likeness (QED) is 0.605. The molecule has 0 bridgehead atoms. The van der Waals surface area contributed by atoms with Crippen LogP contribution in [-0.2, 0) is 9.47 Å². The van der Waals surface area contributed by atoms with E-state index in [0.29, 0.717) is 45.0 Å². The molecule has 1 aromatic heterocycles. The number of nitrogens with zero attached hydrogens (tertiary/aromatic N) is 3. The van der Waals surface area contributed by atoms with Crippen LogP contribution in [0.5, 0.6) is 0 Å². The van der Waals surface area contributed by atoms with E-state index in [-0.39, 0.29) is 10.6 Å². The molecule has 2 saturated heterocycles. The lowest BCUT2D eigenvalue weighted by Gasteiger charge is -2.37. The van der Waals surface area contributed by atoms with Crippen LogP contribution in [0.4, 0.5) is 11.5 Å². The highest BCUT2D eigenvalue weighted by Crippen LogP contribution is 2.35. The highest BCUT2D eigenvalue weighted by atomic mass is 16.7. The van der Waals surface area contributed by atoms with E-state index in [9.17, 15) is 10.1 Å². The smallest absolute Gasteiger partial charge is 0.311 e. The van der Waals surface area contributed by atoms with Crippen LogP contribution < -0.4 is 4.90 Å². The minimum Gasteiger partial charge on any atom is -0.350 e. The van der Waals surface area contributed by atoms with Gasteiger partial charge in [-0.05, 0) is 13.0 Å². The first kappa shape index (κ1) is 13.3. The molecule has 0 saturated carbocycles. The number of aromatic nitrogens is 1. The van der Waals surface area contributed by atoms with E-state index >= 15 is 0 Å². The number of anilines is 1. The second-order valence-corrected chi connectivity index (χ2v) is 5.15. The number of hydrogen-bond acceptors (Lipinski definition) is 6. The molecule has 0 atom stereocenters. The van der Waals surface area contributed by atoms with E-state index in [0.717, 1.165) is 5.69 Å². The second-order valence-electron chi connectivity index (χ2n) is 5.15. The number of aryl methyl sites for hydroxylation is 1. The zero-order chi connectivity index (χ0) is 14.2. The van der Waals surface area contributed by atoms with Crippen molar-refractivity contribution in [1.29, 1.82) is 0 Å². The summed E-state index contributed by atoms with van der Waals surface area (Å²) in [5.74, 6) is -0.0300. The molecule has 1 spiro atoms. The van der Waals surface area contributed by atoms with Crippen LogP contribution in [0.25, 0.3) is 0 Å². The molecule has 0 N–H and O–H groups in total. The lowest BCUT2D eigenvalue weighted by atomic mass is 10.0. The molecule has 2 aliphatic rings. The lowest BCUT2D eigenvalue weighted by Crippen LogP contribution is -2.45. The van der Waals surface area contributed by atoms with Gasteiger partial charge in [0.1, 0.15) is 0 Å². The van der Waals surface area contributed by atoms with Crippen molar-refractivity contribution in [2.75, 3.05) is 31.2 Å². The van der Waals surface area contributed by atoms with Crippen molar-refractivity contribution in [3.8, 4) is 0 Å². The standard InChI is InChI=1S/C13H17N3O4/c1-10-2-3-11(16(17)18)12(14-10)15-6-4-13(5-7-15)19-8-9-20-13/h2-3H,4-9H2,1H3. The molecule has 2 fully saturated rings. The minimum absolute atomic E-state index is 0.0554. The van der Waals surface area contributed by atoms with Gasteiger partial charge >= 0.3 is 5.69 Å². The second kappa shape index (κ2) is 4.99. The summed E-state index contributed by atoms with van der Waals surface area (Å²) in [4.78, 5) is 17.0.